The molecule has 0 aliphatic heterocycles. The second kappa shape index (κ2) is 7.05. The van der Waals surface area contributed by atoms with Crippen LogP contribution in [0.4, 0.5) is 5.69 Å². The Morgan fingerprint density at radius 2 is 1.80 bits per heavy atom. The molecule has 126 valence electrons. The van der Waals surface area contributed by atoms with Gasteiger partial charge in [0.1, 0.15) is 5.75 Å². The van der Waals surface area contributed by atoms with Crippen LogP contribution in [0, 0.1) is 0 Å². The Hall–Kier alpha value is -3.34. The zero-order chi connectivity index (χ0) is 17.8. The first-order valence-electron chi connectivity index (χ1n) is 7.98. The Bertz CT molecular complexity index is 905. The molecule has 0 spiro atoms. The van der Waals surface area contributed by atoms with Crippen molar-refractivity contribution in [2.75, 3.05) is 12.3 Å². The fourth-order valence-electron chi connectivity index (χ4n) is 2.61. The zero-order valence-electron chi connectivity index (χ0n) is 13.9. The van der Waals surface area contributed by atoms with E-state index >= 15 is 0 Å². The van der Waals surface area contributed by atoms with Crippen LogP contribution >= 0.6 is 0 Å². The standard InChI is InChI=1S/C20H19N3O2/c1-2-25-16-8-6-13(7-9-16)19-17(20(22)24)10-11-18(23-19)14-4-3-5-15(21)12-14/h3-12H,2,21H2,1H3,(H2,22,24). The number of benzene rings is 2. The van der Waals surface area contributed by atoms with Crippen LogP contribution in [-0.2, 0) is 0 Å². The Morgan fingerprint density at radius 3 is 2.44 bits per heavy atom. The number of nitrogens with zero attached hydrogens (tertiary/aromatic N) is 1. The van der Waals surface area contributed by atoms with Crippen LogP contribution in [0.1, 0.15) is 17.3 Å². The second-order valence-corrected chi connectivity index (χ2v) is 5.54. The summed E-state index contributed by atoms with van der Waals surface area (Å²) in [4.78, 5) is 16.5. The van der Waals surface area contributed by atoms with E-state index in [0.29, 0.717) is 23.6 Å². The van der Waals surface area contributed by atoms with Crippen LogP contribution in [0.15, 0.2) is 60.7 Å². The van der Waals surface area contributed by atoms with Gasteiger partial charge in [-0.2, -0.15) is 0 Å². The van der Waals surface area contributed by atoms with E-state index in [1.165, 1.54) is 0 Å². The van der Waals surface area contributed by atoms with Crippen LogP contribution in [0.5, 0.6) is 5.75 Å². The minimum atomic E-state index is -0.518. The van der Waals surface area contributed by atoms with Gasteiger partial charge >= 0.3 is 0 Å². The van der Waals surface area contributed by atoms with Crippen molar-refractivity contribution in [2.45, 2.75) is 6.92 Å². The quantitative estimate of drug-likeness (QED) is 0.699. The number of nitrogens with two attached hydrogens (primary N) is 2. The number of hydrogen-bond acceptors (Lipinski definition) is 4. The van der Waals surface area contributed by atoms with Gasteiger partial charge in [-0.25, -0.2) is 4.98 Å². The number of hydrogen-bond donors (Lipinski definition) is 2. The molecule has 5 nitrogen and oxygen atoms in total. The smallest absolute Gasteiger partial charge is 0.250 e. The first kappa shape index (κ1) is 16.5. The lowest BCUT2D eigenvalue weighted by Gasteiger charge is -2.10. The van der Waals surface area contributed by atoms with Gasteiger partial charge in [-0.05, 0) is 55.5 Å². The van der Waals surface area contributed by atoms with Crippen LogP contribution in [0.25, 0.3) is 22.5 Å². The zero-order valence-corrected chi connectivity index (χ0v) is 13.9. The molecule has 5 heteroatoms. The fourth-order valence-corrected chi connectivity index (χ4v) is 2.61. The van der Waals surface area contributed by atoms with Crippen molar-refractivity contribution in [3.63, 3.8) is 0 Å². The molecule has 0 fully saturated rings. The van der Waals surface area contributed by atoms with Gasteiger partial charge in [0.15, 0.2) is 0 Å². The van der Waals surface area contributed by atoms with E-state index in [0.717, 1.165) is 22.6 Å². The van der Waals surface area contributed by atoms with Crippen LogP contribution < -0.4 is 16.2 Å². The summed E-state index contributed by atoms with van der Waals surface area (Å²) in [6, 6.07) is 18.3. The third-order valence-electron chi connectivity index (χ3n) is 3.78. The molecular weight excluding hydrogens is 314 g/mol. The molecule has 4 N–H and O–H groups in total. The summed E-state index contributed by atoms with van der Waals surface area (Å²) in [6.45, 7) is 2.52. The molecule has 1 heterocycles. The highest BCUT2D eigenvalue weighted by molar-refractivity contribution is 5.99. The van der Waals surface area contributed by atoms with Crippen LogP contribution in [0.3, 0.4) is 0 Å². The number of amides is 1. The predicted molar refractivity (Wildman–Crippen MR) is 99.2 cm³/mol. The molecular formula is C20H19N3O2. The molecule has 3 aromatic rings. The van der Waals surface area contributed by atoms with Gasteiger partial charge in [-0.15, -0.1) is 0 Å². The van der Waals surface area contributed by atoms with Crippen LogP contribution in [-0.4, -0.2) is 17.5 Å². The van der Waals surface area contributed by atoms with Gasteiger partial charge in [-0.3, -0.25) is 4.79 Å². The maximum absolute atomic E-state index is 11.8. The summed E-state index contributed by atoms with van der Waals surface area (Å²) >= 11 is 0. The number of ether oxygens (including phenoxy) is 1. The molecule has 0 aliphatic rings. The largest absolute Gasteiger partial charge is 0.494 e. The molecule has 3 rings (SSSR count). The number of primary amides is 1. The average molecular weight is 333 g/mol. The van der Waals surface area contributed by atoms with Crippen molar-refractivity contribution in [1.29, 1.82) is 0 Å². The lowest BCUT2D eigenvalue weighted by Crippen LogP contribution is -2.13. The highest BCUT2D eigenvalue weighted by atomic mass is 16.5. The molecule has 1 amide bonds. The van der Waals surface area contributed by atoms with E-state index in [-0.39, 0.29) is 0 Å². The molecule has 0 unspecified atom stereocenters. The summed E-state index contributed by atoms with van der Waals surface area (Å²) in [6.07, 6.45) is 0. The number of carbonyl (C=O) groups excluding carboxylic acids is 1. The second-order valence-electron chi connectivity index (χ2n) is 5.54. The van der Waals surface area contributed by atoms with Crippen molar-refractivity contribution in [3.05, 3.63) is 66.2 Å². The highest BCUT2D eigenvalue weighted by Crippen LogP contribution is 2.28. The number of anilines is 1. The summed E-state index contributed by atoms with van der Waals surface area (Å²) in [7, 11) is 0. The first-order chi connectivity index (χ1) is 12.1. The van der Waals surface area contributed by atoms with Gasteiger partial charge in [-0.1, -0.05) is 12.1 Å². The van der Waals surface area contributed by atoms with Crippen LogP contribution in [0.2, 0.25) is 0 Å². The third-order valence-corrected chi connectivity index (χ3v) is 3.78. The van der Waals surface area contributed by atoms with Crippen molar-refractivity contribution < 1.29 is 9.53 Å². The topological polar surface area (TPSA) is 91.2 Å². The minimum absolute atomic E-state index is 0.372. The number of carbonyl (C=O) groups is 1. The van der Waals surface area contributed by atoms with E-state index in [9.17, 15) is 4.79 Å². The van der Waals surface area contributed by atoms with Gasteiger partial charge in [0.2, 0.25) is 0 Å². The van der Waals surface area contributed by atoms with Gasteiger partial charge < -0.3 is 16.2 Å². The Morgan fingerprint density at radius 1 is 1.04 bits per heavy atom. The van der Waals surface area contributed by atoms with Crippen molar-refractivity contribution in [1.82, 2.24) is 4.98 Å². The predicted octanol–water partition coefficient (Wildman–Crippen LogP) is 3.50. The number of nitrogen functional groups attached to an aromatic ring is 1. The summed E-state index contributed by atoms with van der Waals surface area (Å²) < 4.78 is 5.45. The molecule has 1 aromatic heterocycles. The lowest BCUT2D eigenvalue weighted by atomic mass is 10.0. The molecule has 2 aromatic carbocycles. The van der Waals surface area contributed by atoms with Gasteiger partial charge in [0.05, 0.1) is 23.6 Å². The first-order valence-corrected chi connectivity index (χ1v) is 7.98. The third kappa shape index (κ3) is 3.61. The minimum Gasteiger partial charge on any atom is -0.494 e. The van der Waals surface area contributed by atoms with E-state index in [4.69, 9.17) is 16.2 Å². The Labute approximate surface area is 146 Å². The lowest BCUT2D eigenvalue weighted by molar-refractivity contribution is 0.100. The average Bonchev–Trinajstić information content (AvgIpc) is 2.62. The number of aromatic nitrogens is 1. The molecule has 0 radical (unpaired) electrons. The molecule has 0 bridgehead atoms. The van der Waals surface area contributed by atoms with Crippen molar-refractivity contribution in [2.24, 2.45) is 5.73 Å². The van der Waals surface area contributed by atoms with E-state index in [2.05, 4.69) is 4.98 Å². The fraction of sp³-hybridized carbons (Fsp3) is 0.100. The Balaban J connectivity index is 2.09. The number of pyridine rings is 1. The van der Waals surface area contributed by atoms with E-state index in [1.54, 1.807) is 12.1 Å². The molecule has 0 aliphatic carbocycles. The van der Waals surface area contributed by atoms with Gasteiger partial charge in [0.25, 0.3) is 5.91 Å². The summed E-state index contributed by atoms with van der Waals surface area (Å²) in [5, 5.41) is 0. The maximum atomic E-state index is 11.8. The van der Waals surface area contributed by atoms with E-state index < -0.39 is 5.91 Å². The number of rotatable bonds is 5. The SMILES string of the molecule is CCOc1ccc(-c2nc(-c3cccc(N)c3)ccc2C(N)=O)cc1. The maximum Gasteiger partial charge on any atom is 0.250 e. The van der Waals surface area contributed by atoms with E-state index in [1.807, 2.05) is 55.5 Å². The summed E-state index contributed by atoms with van der Waals surface area (Å²) in [5.41, 5.74) is 15.3. The summed E-state index contributed by atoms with van der Waals surface area (Å²) in [5.74, 6) is 0.245. The molecule has 25 heavy (non-hydrogen) atoms. The van der Waals surface area contributed by atoms with Gasteiger partial charge in [0, 0.05) is 16.8 Å². The monoisotopic (exact) mass is 333 g/mol. The molecule has 0 atom stereocenters. The molecule has 0 saturated heterocycles. The molecule has 0 saturated carbocycles. The van der Waals surface area contributed by atoms with Crippen molar-refractivity contribution >= 4 is 11.6 Å². The van der Waals surface area contributed by atoms with Crippen molar-refractivity contribution in [3.8, 4) is 28.3 Å². The Kier molecular flexibility index (Phi) is 4.66. The highest BCUT2D eigenvalue weighted by Gasteiger charge is 2.14. The normalized spacial score (nSPS) is 10.4.